The van der Waals surface area contributed by atoms with Crippen LogP contribution < -0.4 is 4.72 Å². The molecule has 0 aliphatic heterocycles. The Balaban J connectivity index is 1.49. The molecule has 0 amide bonds. The number of hydrogen-bond donors (Lipinski definition) is 1. The van der Waals surface area contributed by atoms with Gasteiger partial charge in [0, 0.05) is 22.4 Å². The van der Waals surface area contributed by atoms with Gasteiger partial charge < -0.3 is 4.42 Å². The van der Waals surface area contributed by atoms with Gasteiger partial charge in [0.25, 0.3) is 0 Å². The average Bonchev–Trinajstić information content (AvgIpc) is 3.42. The minimum atomic E-state index is -4.39. The van der Waals surface area contributed by atoms with Crippen molar-refractivity contribution >= 4 is 43.3 Å². The summed E-state index contributed by atoms with van der Waals surface area (Å²) in [5, 5.41) is 2.09. The molecule has 0 radical (unpaired) electrons. The maximum absolute atomic E-state index is 12.9. The first-order chi connectivity index (χ1) is 17.8. The van der Waals surface area contributed by atoms with Crippen LogP contribution in [-0.2, 0) is 16.2 Å². The van der Waals surface area contributed by atoms with Crippen molar-refractivity contribution in [1.29, 1.82) is 0 Å². The molecule has 0 fully saturated rings. The SMILES string of the molecule is Cc1nc(-c2ccc(C(F)(F)F)cc2)sc1-c1ccc2c(c1)oc1ccc(S(=O)(=O)N[C@H](C)C(C)C)cc12. The zero-order valence-corrected chi connectivity index (χ0v) is 22.7. The number of alkyl halides is 3. The van der Waals surface area contributed by atoms with Crippen LogP contribution in [0.1, 0.15) is 32.0 Å². The van der Waals surface area contributed by atoms with Crippen LogP contribution in [0, 0.1) is 12.8 Å². The fourth-order valence-corrected chi connectivity index (χ4v) is 6.59. The lowest BCUT2D eigenvalue weighted by atomic mass is 10.1. The van der Waals surface area contributed by atoms with E-state index in [0.717, 1.165) is 33.7 Å². The fraction of sp³-hybridized carbons (Fsp3) is 0.250. The Kier molecular flexibility index (Phi) is 6.61. The van der Waals surface area contributed by atoms with Crippen molar-refractivity contribution in [3.8, 4) is 21.0 Å². The predicted octanol–water partition coefficient (Wildman–Crippen LogP) is 8.03. The number of rotatable bonds is 6. The second-order valence-corrected chi connectivity index (χ2v) is 12.3. The third kappa shape index (κ3) is 4.95. The molecule has 0 aliphatic rings. The number of sulfonamides is 1. The van der Waals surface area contributed by atoms with E-state index in [4.69, 9.17) is 4.42 Å². The maximum atomic E-state index is 12.9. The second kappa shape index (κ2) is 9.52. The summed E-state index contributed by atoms with van der Waals surface area (Å²) in [7, 11) is -3.69. The summed E-state index contributed by atoms with van der Waals surface area (Å²) in [6.07, 6.45) is -4.39. The summed E-state index contributed by atoms with van der Waals surface area (Å²) >= 11 is 1.39. The third-order valence-corrected chi connectivity index (χ3v) is 9.42. The Morgan fingerprint density at radius 1 is 0.895 bits per heavy atom. The highest BCUT2D eigenvalue weighted by Gasteiger charge is 2.30. The van der Waals surface area contributed by atoms with Crippen molar-refractivity contribution in [3.05, 3.63) is 71.9 Å². The van der Waals surface area contributed by atoms with Crippen molar-refractivity contribution in [2.24, 2.45) is 5.92 Å². The van der Waals surface area contributed by atoms with Crippen molar-refractivity contribution in [3.63, 3.8) is 0 Å². The zero-order chi connectivity index (χ0) is 27.4. The maximum Gasteiger partial charge on any atom is 0.416 e. The molecule has 0 saturated heterocycles. The Labute approximate surface area is 222 Å². The Morgan fingerprint density at radius 3 is 2.24 bits per heavy atom. The molecule has 5 aromatic rings. The van der Waals surface area contributed by atoms with Gasteiger partial charge in [-0.05, 0) is 67.8 Å². The van der Waals surface area contributed by atoms with E-state index in [1.54, 1.807) is 12.1 Å². The molecular formula is C28H25F3N2O3S2. The van der Waals surface area contributed by atoms with Gasteiger partial charge in [0.15, 0.2) is 0 Å². The molecule has 38 heavy (non-hydrogen) atoms. The van der Waals surface area contributed by atoms with Crippen molar-refractivity contribution in [2.75, 3.05) is 0 Å². The topological polar surface area (TPSA) is 72.2 Å². The van der Waals surface area contributed by atoms with Gasteiger partial charge in [0.2, 0.25) is 10.0 Å². The monoisotopic (exact) mass is 558 g/mol. The largest absolute Gasteiger partial charge is 0.456 e. The van der Waals surface area contributed by atoms with E-state index in [-0.39, 0.29) is 16.9 Å². The van der Waals surface area contributed by atoms with Crippen LogP contribution in [0.2, 0.25) is 0 Å². The van der Waals surface area contributed by atoms with Crippen LogP contribution in [0.3, 0.4) is 0 Å². The average molecular weight is 559 g/mol. The molecule has 0 bridgehead atoms. The number of hydrogen-bond acceptors (Lipinski definition) is 5. The summed E-state index contributed by atoms with van der Waals surface area (Å²) in [4.78, 5) is 5.62. The van der Waals surface area contributed by atoms with E-state index in [1.165, 1.54) is 29.5 Å². The molecule has 10 heteroatoms. The number of halogens is 3. The number of thiazole rings is 1. The molecule has 5 nitrogen and oxygen atoms in total. The van der Waals surface area contributed by atoms with E-state index in [2.05, 4.69) is 9.71 Å². The molecule has 1 atom stereocenters. The van der Waals surface area contributed by atoms with Gasteiger partial charge >= 0.3 is 6.18 Å². The van der Waals surface area contributed by atoms with E-state index in [1.807, 2.05) is 45.9 Å². The quantitative estimate of drug-likeness (QED) is 0.229. The molecule has 0 saturated carbocycles. The van der Waals surface area contributed by atoms with Gasteiger partial charge in [-0.25, -0.2) is 18.1 Å². The standard InChI is InChI=1S/C28H25F3N2O3S2/c1-15(2)16(3)33-38(34,35)21-10-12-24-23(14-21)22-11-7-19(13-25(22)36-24)26-17(4)32-27(37-26)18-5-8-20(9-6-18)28(29,30)31/h5-16,33H,1-4H3/t16-/m1/s1. The fourth-order valence-electron chi connectivity index (χ4n) is 4.10. The number of aromatic nitrogens is 1. The van der Waals surface area contributed by atoms with Crippen molar-refractivity contribution in [1.82, 2.24) is 9.71 Å². The summed E-state index contributed by atoms with van der Waals surface area (Å²) in [5.41, 5.74) is 2.67. The minimum Gasteiger partial charge on any atom is -0.456 e. The predicted molar refractivity (Wildman–Crippen MR) is 145 cm³/mol. The number of furan rings is 1. The van der Waals surface area contributed by atoms with Gasteiger partial charge in [0.05, 0.1) is 21.0 Å². The molecular weight excluding hydrogens is 533 g/mol. The highest BCUT2D eigenvalue weighted by molar-refractivity contribution is 7.89. The Morgan fingerprint density at radius 2 is 1.58 bits per heavy atom. The lowest BCUT2D eigenvalue weighted by Crippen LogP contribution is -2.36. The van der Waals surface area contributed by atoms with Gasteiger partial charge in [0.1, 0.15) is 16.2 Å². The molecule has 1 N–H and O–H groups in total. The van der Waals surface area contributed by atoms with E-state index in [0.29, 0.717) is 27.1 Å². The van der Waals surface area contributed by atoms with Crippen LogP contribution in [0.5, 0.6) is 0 Å². The molecule has 2 heterocycles. The number of fused-ring (bicyclic) bond motifs is 3. The first kappa shape index (κ1) is 26.4. The Bertz CT molecular complexity index is 1750. The molecule has 0 aliphatic carbocycles. The molecule has 3 aromatic carbocycles. The van der Waals surface area contributed by atoms with Crippen LogP contribution in [0.15, 0.2) is 70.0 Å². The first-order valence-electron chi connectivity index (χ1n) is 12.0. The smallest absolute Gasteiger partial charge is 0.416 e. The van der Waals surface area contributed by atoms with Crippen LogP contribution in [0.4, 0.5) is 13.2 Å². The second-order valence-electron chi connectivity index (χ2n) is 9.63. The lowest BCUT2D eigenvalue weighted by Gasteiger charge is -2.17. The molecule has 5 rings (SSSR count). The van der Waals surface area contributed by atoms with E-state index in [9.17, 15) is 21.6 Å². The highest BCUT2D eigenvalue weighted by Crippen LogP contribution is 2.39. The normalized spacial score (nSPS) is 13.6. The van der Waals surface area contributed by atoms with Crippen molar-refractivity contribution in [2.45, 2.75) is 44.8 Å². The number of nitrogens with one attached hydrogen (secondary N) is 1. The van der Waals surface area contributed by atoms with E-state index >= 15 is 0 Å². The van der Waals surface area contributed by atoms with Gasteiger partial charge in [-0.3, -0.25) is 0 Å². The summed E-state index contributed by atoms with van der Waals surface area (Å²) in [6.45, 7) is 7.59. The van der Waals surface area contributed by atoms with Crippen LogP contribution in [0.25, 0.3) is 43.0 Å². The molecule has 2 aromatic heterocycles. The Hall–Kier alpha value is -3.21. The molecule has 0 spiro atoms. The van der Waals surface area contributed by atoms with E-state index < -0.39 is 21.8 Å². The molecule has 0 unspecified atom stereocenters. The van der Waals surface area contributed by atoms with Crippen molar-refractivity contribution < 1.29 is 26.0 Å². The highest BCUT2D eigenvalue weighted by atomic mass is 32.2. The summed E-state index contributed by atoms with van der Waals surface area (Å²) < 4.78 is 73.3. The summed E-state index contributed by atoms with van der Waals surface area (Å²) in [5.74, 6) is 0.150. The number of nitrogens with zero attached hydrogens (tertiary/aromatic N) is 1. The number of benzene rings is 3. The van der Waals surface area contributed by atoms with Gasteiger partial charge in [-0.15, -0.1) is 11.3 Å². The lowest BCUT2D eigenvalue weighted by molar-refractivity contribution is -0.137. The first-order valence-corrected chi connectivity index (χ1v) is 14.3. The number of aryl methyl sites for hydroxylation is 1. The summed E-state index contributed by atoms with van der Waals surface area (Å²) in [6, 6.07) is 15.2. The molecule has 198 valence electrons. The van der Waals surface area contributed by atoms with Gasteiger partial charge in [-0.2, -0.15) is 13.2 Å². The minimum absolute atomic E-state index is 0.150. The third-order valence-electron chi connectivity index (χ3n) is 6.61. The zero-order valence-electron chi connectivity index (χ0n) is 21.1. The van der Waals surface area contributed by atoms with Crippen LogP contribution in [-0.4, -0.2) is 19.4 Å². The van der Waals surface area contributed by atoms with Crippen LogP contribution >= 0.6 is 11.3 Å². The van der Waals surface area contributed by atoms with Gasteiger partial charge in [-0.1, -0.05) is 32.0 Å².